The third-order valence-electron chi connectivity index (χ3n) is 4.36. The molecule has 122 valence electrons. The van der Waals surface area contributed by atoms with Crippen molar-refractivity contribution in [3.05, 3.63) is 35.0 Å². The third kappa shape index (κ3) is 2.88. The Morgan fingerprint density at radius 2 is 2.17 bits per heavy atom. The molecule has 0 radical (unpaired) electrons. The van der Waals surface area contributed by atoms with Gasteiger partial charge in [-0.3, -0.25) is 4.79 Å². The quantitative estimate of drug-likeness (QED) is 0.881. The number of benzene rings is 1. The molecule has 5 nitrogen and oxygen atoms in total. The van der Waals surface area contributed by atoms with Gasteiger partial charge in [-0.1, -0.05) is 0 Å². The molecule has 23 heavy (non-hydrogen) atoms. The van der Waals surface area contributed by atoms with E-state index < -0.39 is 0 Å². The van der Waals surface area contributed by atoms with Crippen molar-refractivity contribution in [2.75, 3.05) is 27.2 Å². The number of nitrogens with zero attached hydrogens (tertiary/aromatic N) is 1. The topological polar surface area (TPSA) is 62.4 Å². The van der Waals surface area contributed by atoms with Gasteiger partial charge in [0.15, 0.2) is 5.78 Å². The van der Waals surface area contributed by atoms with Crippen molar-refractivity contribution in [1.82, 2.24) is 9.88 Å². The van der Waals surface area contributed by atoms with Crippen LogP contribution in [0.2, 0.25) is 0 Å². The zero-order valence-electron chi connectivity index (χ0n) is 13.8. The van der Waals surface area contributed by atoms with Gasteiger partial charge in [0, 0.05) is 23.4 Å². The van der Waals surface area contributed by atoms with Crippen molar-refractivity contribution in [3.8, 4) is 0 Å². The summed E-state index contributed by atoms with van der Waals surface area (Å²) in [4.78, 5) is 29.9. The van der Waals surface area contributed by atoms with Gasteiger partial charge in [0.05, 0.1) is 17.9 Å². The first-order valence-corrected chi connectivity index (χ1v) is 8.02. The fraction of sp³-hybridized carbons (Fsp3) is 0.444. The summed E-state index contributed by atoms with van der Waals surface area (Å²) in [5, 5.41) is 0.960. The Labute approximate surface area is 135 Å². The number of ether oxygens (including phenoxy) is 1. The average Bonchev–Trinajstić information content (AvgIpc) is 2.88. The number of carbonyl (C=O) groups excluding carboxylic acids is 2. The molecule has 0 fully saturated rings. The van der Waals surface area contributed by atoms with E-state index >= 15 is 0 Å². The molecule has 0 saturated heterocycles. The summed E-state index contributed by atoms with van der Waals surface area (Å²) in [6, 6.07) is 5.43. The molecule has 1 aromatic heterocycles. The van der Waals surface area contributed by atoms with Crippen LogP contribution in [0.5, 0.6) is 0 Å². The molecule has 0 bridgehead atoms. The molecule has 2 aromatic rings. The number of Topliss-reactive ketones (excluding diaryl/α,β-unsaturated/α-hetero) is 1. The van der Waals surface area contributed by atoms with Gasteiger partial charge in [-0.15, -0.1) is 0 Å². The highest BCUT2D eigenvalue weighted by Gasteiger charge is 2.30. The summed E-state index contributed by atoms with van der Waals surface area (Å²) in [5.41, 5.74) is 3.18. The summed E-state index contributed by atoms with van der Waals surface area (Å²) in [7, 11) is 3.97. The Morgan fingerprint density at radius 3 is 2.87 bits per heavy atom. The zero-order chi connectivity index (χ0) is 16.6. The van der Waals surface area contributed by atoms with Gasteiger partial charge in [0.2, 0.25) is 0 Å². The van der Waals surface area contributed by atoms with Crippen LogP contribution in [0.15, 0.2) is 18.2 Å². The van der Waals surface area contributed by atoms with Crippen LogP contribution in [0, 0.1) is 5.92 Å². The Kier molecular flexibility index (Phi) is 4.22. The standard InChI is InChI=1S/C18H22N2O3/c1-4-23-18(22)11-6-8-15-14(9-11)13-7-5-12(10-20(2)3)17(21)16(13)19-15/h6,8-9,12,19H,4-5,7,10H2,1-3H3. The Bertz CT molecular complexity index is 761. The van der Waals surface area contributed by atoms with E-state index in [0.717, 1.165) is 35.9 Å². The number of H-pyrrole nitrogens is 1. The predicted octanol–water partition coefficient (Wildman–Crippen LogP) is 2.65. The number of fused-ring (bicyclic) bond motifs is 3. The Hall–Kier alpha value is -2.14. The molecule has 0 saturated carbocycles. The first kappa shape index (κ1) is 15.7. The van der Waals surface area contributed by atoms with E-state index in [4.69, 9.17) is 4.74 Å². The van der Waals surface area contributed by atoms with E-state index in [-0.39, 0.29) is 17.7 Å². The first-order chi connectivity index (χ1) is 11.0. The third-order valence-corrected chi connectivity index (χ3v) is 4.36. The SMILES string of the molecule is CCOC(=O)c1ccc2[nH]c3c(c2c1)CCC(CN(C)C)C3=O. The van der Waals surface area contributed by atoms with Gasteiger partial charge in [-0.2, -0.15) is 0 Å². The lowest BCUT2D eigenvalue weighted by Crippen LogP contribution is -2.31. The highest BCUT2D eigenvalue weighted by molar-refractivity contribution is 6.06. The average molecular weight is 314 g/mol. The summed E-state index contributed by atoms with van der Waals surface area (Å²) in [5.74, 6) is -0.110. The molecule has 5 heteroatoms. The summed E-state index contributed by atoms with van der Waals surface area (Å²) < 4.78 is 5.06. The van der Waals surface area contributed by atoms with E-state index in [0.29, 0.717) is 17.9 Å². The molecular weight excluding hydrogens is 292 g/mol. The second-order valence-electron chi connectivity index (χ2n) is 6.32. The van der Waals surface area contributed by atoms with E-state index in [1.54, 1.807) is 13.0 Å². The second-order valence-corrected chi connectivity index (χ2v) is 6.32. The molecule has 1 atom stereocenters. The minimum Gasteiger partial charge on any atom is -0.462 e. The van der Waals surface area contributed by atoms with Crippen molar-refractivity contribution in [2.45, 2.75) is 19.8 Å². The van der Waals surface area contributed by atoms with Crippen molar-refractivity contribution < 1.29 is 14.3 Å². The molecule has 3 rings (SSSR count). The second kappa shape index (κ2) is 6.16. The number of nitrogens with one attached hydrogen (secondary N) is 1. The van der Waals surface area contributed by atoms with Crippen molar-refractivity contribution in [3.63, 3.8) is 0 Å². The smallest absolute Gasteiger partial charge is 0.338 e. The van der Waals surface area contributed by atoms with Crippen LogP contribution in [0.1, 0.15) is 39.8 Å². The number of esters is 1. The van der Waals surface area contributed by atoms with Crippen LogP contribution in [-0.2, 0) is 11.2 Å². The van der Waals surface area contributed by atoms with Crippen LogP contribution < -0.4 is 0 Å². The molecule has 0 spiro atoms. The Morgan fingerprint density at radius 1 is 1.39 bits per heavy atom. The van der Waals surface area contributed by atoms with Crippen molar-refractivity contribution in [2.24, 2.45) is 5.92 Å². The van der Waals surface area contributed by atoms with Crippen LogP contribution in [0.3, 0.4) is 0 Å². The highest BCUT2D eigenvalue weighted by atomic mass is 16.5. The molecule has 0 aliphatic heterocycles. The summed E-state index contributed by atoms with van der Waals surface area (Å²) in [6.45, 7) is 2.91. The summed E-state index contributed by atoms with van der Waals surface area (Å²) >= 11 is 0. The number of hydrogen-bond donors (Lipinski definition) is 1. The van der Waals surface area contributed by atoms with Crippen molar-refractivity contribution in [1.29, 1.82) is 0 Å². The van der Waals surface area contributed by atoms with Crippen molar-refractivity contribution >= 4 is 22.7 Å². The maximum absolute atomic E-state index is 12.7. The first-order valence-electron chi connectivity index (χ1n) is 8.02. The predicted molar refractivity (Wildman–Crippen MR) is 89.0 cm³/mol. The Balaban J connectivity index is 1.99. The fourth-order valence-electron chi connectivity index (χ4n) is 3.33. The lowest BCUT2D eigenvalue weighted by molar-refractivity contribution is 0.0526. The molecule has 1 heterocycles. The van der Waals surface area contributed by atoms with Gasteiger partial charge in [-0.05, 0) is 57.6 Å². The molecule has 0 amide bonds. The van der Waals surface area contributed by atoms with Gasteiger partial charge in [-0.25, -0.2) is 4.79 Å². The van der Waals surface area contributed by atoms with E-state index in [1.165, 1.54) is 0 Å². The summed E-state index contributed by atoms with van der Waals surface area (Å²) in [6.07, 6.45) is 1.70. The van der Waals surface area contributed by atoms with Gasteiger partial charge < -0.3 is 14.6 Å². The minimum atomic E-state index is -0.322. The lowest BCUT2D eigenvalue weighted by atomic mass is 9.85. The van der Waals surface area contributed by atoms with Crippen LogP contribution in [0.4, 0.5) is 0 Å². The molecular formula is C18H22N2O3. The van der Waals surface area contributed by atoms with Gasteiger partial charge >= 0.3 is 5.97 Å². The van der Waals surface area contributed by atoms with Crippen LogP contribution >= 0.6 is 0 Å². The molecule has 1 aliphatic carbocycles. The van der Waals surface area contributed by atoms with Crippen LogP contribution in [-0.4, -0.2) is 48.9 Å². The zero-order valence-corrected chi connectivity index (χ0v) is 13.8. The largest absolute Gasteiger partial charge is 0.462 e. The minimum absolute atomic E-state index is 0.0371. The van der Waals surface area contributed by atoms with Crippen LogP contribution in [0.25, 0.3) is 10.9 Å². The maximum Gasteiger partial charge on any atom is 0.338 e. The molecule has 1 aliphatic rings. The monoisotopic (exact) mass is 314 g/mol. The number of rotatable bonds is 4. The maximum atomic E-state index is 12.7. The van der Waals surface area contributed by atoms with Gasteiger partial charge in [0.1, 0.15) is 0 Å². The lowest BCUT2D eigenvalue weighted by Gasteiger charge is -2.23. The molecule has 1 aromatic carbocycles. The number of hydrogen-bond acceptors (Lipinski definition) is 4. The number of aryl methyl sites for hydroxylation is 1. The number of ketones is 1. The van der Waals surface area contributed by atoms with E-state index in [9.17, 15) is 9.59 Å². The molecule has 1 unspecified atom stereocenters. The molecule has 1 N–H and O–H groups in total. The normalized spacial score (nSPS) is 17.6. The van der Waals surface area contributed by atoms with E-state index in [2.05, 4.69) is 9.88 Å². The number of carbonyl (C=O) groups is 2. The highest BCUT2D eigenvalue weighted by Crippen LogP contribution is 2.32. The number of aromatic amines is 1. The fourth-order valence-corrected chi connectivity index (χ4v) is 3.33. The number of aromatic nitrogens is 1. The van der Waals surface area contributed by atoms with Gasteiger partial charge in [0.25, 0.3) is 0 Å². The van der Waals surface area contributed by atoms with E-state index in [1.807, 2.05) is 26.2 Å².